The van der Waals surface area contributed by atoms with Crippen molar-refractivity contribution >= 4 is 9.84 Å². The number of nitrogens with one attached hydrogen (secondary N) is 1. The average Bonchev–Trinajstić information content (AvgIpc) is 2.24. The highest BCUT2D eigenvalue weighted by atomic mass is 32.2. The summed E-state index contributed by atoms with van der Waals surface area (Å²) < 4.78 is 22.3. The van der Waals surface area contributed by atoms with Crippen LogP contribution < -0.4 is 5.32 Å². The number of rotatable bonds is 5. The predicted octanol–water partition coefficient (Wildman–Crippen LogP) is 1.57. The molecule has 0 amide bonds. The highest BCUT2D eigenvalue weighted by Gasteiger charge is 2.30. The molecule has 19 heavy (non-hydrogen) atoms. The molecule has 5 nitrogen and oxygen atoms in total. The molecule has 0 bridgehead atoms. The molecular formula is C13H21NO4S. The molecule has 1 rings (SSSR count). The highest BCUT2D eigenvalue weighted by molar-refractivity contribution is 7.92. The Morgan fingerprint density at radius 1 is 1.26 bits per heavy atom. The molecule has 0 saturated heterocycles. The number of phenols is 2. The van der Waals surface area contributed by atoms with Gasteiger partial charge in [-0.05, 0) is 32.9 Å². The van der Waals surface area contributed by atoms with Crippen LogP contribution in [0.5, 0.6) is 11.5 Å². The summed E-state index contributed by atoms with van der Waals surface area (Å²) >= 11 is 0. The maximum atomic E-state index is 11.6. The van der Waals surface area contributed by atoms with E-state index in [1.165, 1.54) is 18.4 Å². The molecule has 108 valence electrons. The van der Waals surface area contributed by atoms with Gasteiger partial charge in [-0.25, -0.2) is 8.42 Å². The smallest absolute Gasteiger partial charge is 0.153 e. The summed E-state index contributed by atoms with van der Waals surface area (Å²) in [6.45, 7) is 5.24. The van der Waals surface area contributed by atoms with Gasteiger partial charge in [-0.1, -0.05) is 6.07 Å². The molecule has 0 radical (unpaired) electrons. The van der Waals surface area contributed by atoms with Gasteiger partial charge >= 0.3 is 0 Å². The molecule has 1 aromatic carbocycles. The Bertz CT molecular complexity index is 532. The fraction of sp³-hybridized carbons (Fsp3) is 0.538. The van der Waals surface area contributed by atoms with E-state index in [1.807, 2.05) is 0 Å². The SMILES string of the molecule is CC(NCC(C)(C)S(C)(=O)=O)c1c(O)cccc1O. The van der Waals surface area contributed by atoms with Gasteiger partial charge in [0.2, 0.25) is 0 Å². The minimum atomic E-state index is -3.19. The maximum absolute atomic E-state index is 11.6. The Hall–Kier alpha value is -1.27. The lowest BCUT2D eigenvalue weighted by molar-refractivity contribution is 0.412. The van der Waals surface area contributed by atoms with E-state index in [-0.39, 0.29) is 24.1 Å². The van der Waals surface area contributed by atoms with Gasteiger partial charge in [0, 0.05) is 18.8 Å². The molecule has 0 fully saturated rings. The molecule has 0 heterocycles. The summed E-state index contributed by atoms with van der Waals surface area (Å²) in [5.74, 6) is -0.0330. The van der Waals surface area contributed by atoms with E-state index in [1.54, 1.807) is 26.8 Å². The predicted molar refractivity (Wildman–Crippen MR) is 75.1 cm³/mol. The van der Waals surface area contributed by atoms with Gasteiger partial charge in [0.1, 0.15) is 11.5 Å². The van der Waals surface area contributed by atoms with Crippen molar-refractivity contribution < 1.29 is 18.6 Å². The minimum Gasteiger partial charge on any atom is -0.507 e. The minimum absolute atomic E-state index is 0.0165. The van der Waals surface area contributed by atoms with Crippen molar-refractivity contribution in [1.82, 2.24) is 5.32 Å². The molecular weight excluding hydrogens is 266 g/mol. The number of benzene rings is 1. The van der Waals surface area contributed by atoms with E-state index in [9.17, 15) is 18.6 Å². The Balaban J connectivity index is 2.85. The van der Waals surface area contributed by atoms with Crippen LogP contribution in [0.3, 0.4) is 0 Å². The first kappa shape index (κ1) is 15.8. The van der Waals surface area contributed by atoms with Crippen molar-refractivity contribution in [2.45, 2.75) is 31.6 Å². The summed E-state index contributed by atoms with van der Waals surface area (Å²) in [4.78, 5) is 0. The molecule has 0 saturated carbocycles. The number of hydrogen-bond acceptors (Lipinski definition) is 5. The largest absolute Gasteiger partial charge is 0.507 e. The van der Waals surface area contributed by atoms with Gasteiger partial charge in [0.15, 0.2) is 9.84 Å². The number of phenolic OH excluding ortho intramolecular Hbond substituents is 2. The molecule has 1 aromatic rings. The van der Waals surface area contributed by atoms with E-state index >= 15 is 0 Å². The summed E-state index contributed by atoms with van der Waals surface area (Å²) in [5, 5.41) is 22.5. The van der Waals surface area contributed by atoms with Gasteiger partial charge < -0.3 is 15.5 Å². The molecule has 3 N–H and O–H groups in total. The lowest BCUT2D eigenvalue weighted by atomic mass is 10.1. The van der Waals surface area contributed by atoms with Gasteiger partial charge in [-0.3, -0.25) is 0 Å². The lowest BCUT2D eigenvalue weighted by Gasteiger charge is -2.26. The molecule has 1 atom stereocenters. The first-order valence-electron chi connectivity index (χ1n) is 6.00. The van der Waals surface area contributed by atoms with Crippen LogP contribution >= 0.6 is 0 Å². The Labute approximate surface area is 114 Å². The standard InChI is InChI=1S/C13H21NO4S/c1-9(12-10(15)6-5-7-11(12)16)14-8-13(2,3)19(4,17)18/h5-7,9,14-16H,8H2,1-4H3. The van der Waals surface area contributed by atoms with E-state index in [2.05, 4.69) is 5.32 Å². The molecule has 0 aliphatic carbocycles. The Morgan fingerprint density at radius 2 is 1.74 bits per heavy atom. The van der Waals surface area contributed by atoms with E-state index in [0.29, 0.717) is 5.56 Å². The quantitative estimate of drug-likeness (QED) is 0.765. The van der Waals surface area contributed by atoms with Gasteiger partial charge in [-0.15, -0.1) is 0 Å². The first-order valence-corrected chi connectivity index (χ1v) is 7.89. The van der Waals surface area contributed by atoms with Crippen LogP contribution in [0, 0.1) is 0 Å². The van der Waals surface area contributed by atoms with E-state index in [0.717, 1.165) is 0 Å². The average molecular weight is 287 g/mol. The zero-order chi connectivity index (χ0) is 14.8. The highest BCUT2D eigenvalue weighted by Crippen LogP contribution is 2.32. The van der Waals surface area contributed by atoms with Gasteiger partial charge in [-0.2, -0.15) is 0 Å². The second-order valence-corrected chi connectivity index (χ2v) is 7.99. The summed E-state index contributed by atoms with van der Waals surface area (Å²) in [6.07, 6.45) is 1.19. The molecule has 6 heteroatoms. The van der Waals surface area contributed by atoms with Crippen LogP contribution in [0.25, 0.3) is 0 Å². The maximum Gasteiger partial charge on any atom is 0.153 e. The second kappa shape index (κ2) is 5.38. The van der Waals surface area contributed by atoms with Crippen molar-refractivity contribution in [3.05, 3.63) is 23.8 Å². The zero-order valence-corrected chi connectivity index (χ0v) is 12.5. The van der Waals surface area contributed by atoms with Crippen LogP contribution in [-0.4, -0.2) is 36.2 Å². The van der Waals surface area contributed by atoms with E-state index < -0.39 is 14.6 Å². The van der Waals surface area contributed by atoms with Crippen molar-refractivity contribution in [3.63, 3.8) is 0 Å². The van der Waals surface area contributed by atoms with Crippen molar-refractivity contribution in [2.75, 3.05) is 12.8 Å². The summed E-state index contributed by atoms with van der Waals surface area (Å²) in [7, 11) is -3.19. The molecule has 0 aliphatic rings. The summed E-state index contributed by atoms with van der Waals surface area (Å²) in [6, 6.07) is 4.15. The first-order chi connectivity index (χ1) is 8.56. The van der Waals surface area contributed by atoms with Gasteiger partial charge in [0.25, 0.3) is 0 Å². The van der Waals surface area contributed by atoms with Crippen LogP contribution in [0.2, 0.25) is 0 Å². The third-order valence-electron chi connectivity index (χ3n) is 3.33. The molecule has 1 unspecified atom stereocenters. The third-order valence-corrected chi connectivity index (χ3v) is 5.48. The fourth-order valence-electron chi connectivity index (χ4n) is 1.62. The van der Waals surface area contributed by atoms with Crippen molar-refractivity contribution in [1.29, 1.82) is 0 Å². The summed E-state index contributed by atoms with van der Waals surface area (Å²) in [5.41, 5.74) is 0.367. The topological polar surface area (TPSA) is 86.6 Å². The molecule has 0 aliphatic heterocycles. The van der Waals surface area contributed by atoms with Crippen molar-refractivity contribution in [2.24, 2.45) is 0 Å². The van der Waals surface area contributed by atoms with Crippen LogP contribution in [0.1, 0.15) is 32.4 Å². The number of sulfone groups is 1. The molecule has 0 aromatic heterocycles. The third kappa shape index (κ3) is 3.61. The second-order valence-electron chi connectivity index (χ2n) is 5.34. The normalized spacial score (nSPS) is 14.3. The van der Waals surface area contributed by atoms with Crippen LogP contribution in [0.4, 0.5) is 0 Å². The fourth-order valence-corrected chi connectivity index (χ4v) is 1.96. The molecule has 0 spiro atoms. The zero-order valence-electron chi connectivity index (χ0n) is 11.6. The Morgan fingerprint density at radius 3 is 2.16 bits per heavy atom. The Kier molecular flexibility index (Phi) is 4.47. The number of aromatic hydroxyl groups is 2. The van der Waals surface area contributed by atoms with E-state index in [4.69, 9.17) is 0 Å². The van der Waals surface area contributed by atoms with Gasteiger partial charge in [0.05, 0.1) is 10.3 Å². The van der Waals surface area contributed by atoms with Crippen LogP contribution in [-0.2, 0) is 9.84 Å². The van der Waals surface area contributed by atoms with Crippen LogP contribution in [0.15, 0.2) is 18.2 Å². The number of hydrogen-bond donors (Lipinski definition) is 3. The lowest BCUT2D eigenvalue weighted by Crippen LogP contribution is -2.42. The monoisotopic (exact) mass is 287 g/mol. The van der Waals surface area contributed by atoms with Crippen molar-refractivity contribution in [3.8, 4) is 11.5 Å².